The van der Waals surface area contributed by atoms with Gasteiger partial charge in [0.2, 0.25) is 21.8 Å². The highest BCUT2D eigenvalue weighted by Gasteiger charge is 2.63. The van der Waals surface area contributed by atoms with Crippen molar-refractivity contribution in [3.63, 3.8) is 0 Å². The number of sulfonamides is 1. The van der Waals surface area contributed by atoms with E-state index in [0.717, 1.165) is 4.90 Å². The van der Waals surface area contributed by atoms with Crippen molar-refractivity contribution in [1.82, 2.24) is 35.4 Å². The molecule has 4 aliphatic rings. The van der Waals surface area contributed by atoms with Crippen LogP contribution in [0.3, 0.4) is 0 Å². The van der Waals surface area contributed by atoms with Gasteiger partial charge in [0.25, 0.3) is 5.91 Å². The Hall–Kier alpha value is -5.63. The minimum atomic E-state index is -5.37. The number of benzene rings is 1. The van der Waals surface area contributed by atoms with Crippen LogP contribution < -0.4 is 25.0 Å². The molecule has 0 bridgehead atoms. The minimum Gasteiger partial charge on any atom is -0.491 e. The van der Waals surface area contributed by atoms with Crippen LogP contribution in [0.15, 0.2) is 67.1 Å². The summed E-state index contributed by atoms with van der Waals surface area (Å²) in [5.41, 5.74) is 2.38. The molecule has 2 aromatic heterocycles. The molecule has 2 aliphatic heterocycles. The zero-order valence-electron chi connectivity index (χ0n) is 36.1. The Morgan fingerprint density at radius 3 is 2.38 bits per heavy atom. The second kappa shape index (κ2) is 18.1. The number of fused-ring (bicyclic) bond motifs is 2. The van der Waals surface area contributed by atoms with E-state index in [-0.39, 0.29) is 37.2 Å². The van der Waals surface area contributed by atoms with Crippen molar-refractivity contribution in [2.75, 3.05) is 6.54 Å². The third-order valence-corrected chi connectivity index (χ3v) is 14.4. The fraction of sp³-hybridized carbons (Fsp3) is 0.523. The normalized spacial score (nSPS) is 27.5. The first-order chi connectivity index (χ1) is 30.2. The van der Waals surface area contributed by atoms with Crippen LogP contribution in [-0.2, 0) is 34.0 Å². The first-order valence-corrected chi connectivity index (χ1v) is 22.8. The summed E-state index contributed by atoms with van der Waals surface area (Å²) in [5.74, 6) is -5.60. The van der Waals surface area contributed by atoms with E-state index in [2.05, 4.69) is 30.3 Å². The lowest BCUT2D eigenvalue weighted by Gasteiger charge is -2.32. The maximum absolute atomic E-state index is 14.7. The lowest BCUT2D eigenvalue weighted by atomic mass is 9.88. The van der Waals surface area contributed by atoms with E-state index in [0.29, 0.717) is 60.5 Å². The Bertz CT molecular complexity index is 2380. The highest BCUT2D eigenvalue weighted by atomic mass is 32.2. The van der Waals surface area contributed by atoms with Gasteiger partial charge in [0.1, 0.15) is 40.9 Å². The van der Waals surface area contributed by atoms with Crippen LogP contribution in [0.2, 0.25) is 0 Å². The third kappa shape index (κ3) is 10.3. The summed E-state index contributed by atoms with van der Waals surface area (Å²) in [4.78, 5) is 74.2. The van der Waals surface area contributed by atoms with Gasteiger partial charge < -0.3 is 24.5 Å². The molecule has 16 nitrogen and oxygen atoms in total. The first kappa shape index (κ1) is 46.4. The van der Waals surface area contributed by atoms with Gasteiger partial charge in [-0.15, -0.1) is 5.48 Å². The van der Waals surface area contributed by atoms with Crippen LogP contribution in [0.1, 0.15) is 79.6 Å². The van der Waals surface area contributed by atoms with Gasteiger partial charge in [0.05, 0.1) is 35.0 Å². The van der Waals surface area contributed by atoms with Crippen molar-refractivity contribution < 1.29 is 55.1 Å². The van der Waals surface area contributed by atoms with Crippen LogP contribution in [0, 0.1) is 17.8 Å². The average Bonchev–Trinajstić information content (AvgIpc) is 4.12. The van der Waals surface area contributed by atoms with E-state index >= 15 is 0 Å². The van der Waals surface area contributed by atoms with E-state index in [1.807, 2.05) is 39.0 Å². The van der Waals surface area contributed by atoms with Gasteiger partial charge in [-0.25, -0.2) is 18.2 Å². The van der Waals surface area contributed by atoms with E-state index in [9.17, 15) is 40.8 Å². The number of ether oxygens (including phenoxy) is 2. The standard InChI is InChI=1S/C44H52F3N7O9S/c1-25(2)61-30-12-10-28(11-13-30)33-19-31(20-34(50-33)35-23-48-16-17-49-35)62-32-21-36-38(55)51-43(40(57)53-64(59,60)42(5)14-15-42)22-29(43)9-7-6-8-26(3)18-27(4)37(39(56)54(36)24-32)52-63-41(58)44(45,46)47/h7,9-13,16-17,19-20,23,25-27,29,32,36-37,52H,6,8,14-15,18,21-22,24H2,1-5H3,(H,51,55)(H,53,57)/b9-7-/t26?,27-,29?,32-,36+,37+,43-/m1/s1. The molecule has 3 amide bonds. The fourth-order valence-electron chi connectivity index (χ4n) is 8.19. The minimum absolute atomic E-state index is 0.0522. The van der Waals surface area contributed by atoms with E-state index in [1.54, 1.807) is 37.3 Å². The van der Waals surface area contributed by atoms with Crippen molar-refractivity contribution in [3.8, 4) is 34.1 Å². The number of hydroxylamine groups is 1. The highest BCUT2D eigenvalue weighted by Crippen LogP contribution is 2.48. The Balaban J connectivity index is 1.24. The maximum atomic E-state index is 14.7. The largest absolute Gasteiger partial charge is 0.492 e. The summed E-state index contributed by atoms with van der Waals surface area (Å²) >= 11 is 0. The molecule has 1 saturated heterocycles. The second-order valence-corrected chi connectivity index (χ2v) is 20.0. The molecule has 7 atom stereocenters. The maximum Gasteiger partial charge on any atom is 0.492 e. The van der Waals surface area contributed by atoms with Crippen molar-refractivity contribution in [2.24, 2.45) is 17.8 Å². The number of amides is 3. The van der Waals surface area contributed by atoms with Crippen LogP contribution in [0.4, 0.5) is 13.2 Å². The molecule has 2 unspecified atom stereocenters. The zero-order valence-corrected chi connectivity index (χ0v) is 36.9. The highest BCUT2D eigenvalue weighted by molar-refractivity contribution is 7.91. The number of pyridine rings is 1. The van der Waals surface area contributed by atoms with E-state index < -0.39 is 80.2 Å². The molecule has 4 heterocycles. The summed E-state index contributed by atoms with van der Waals surface area (Å²) in [6, 6.07) is 7.60. The van der Waals surface area contributed by atoms with E-state index in [4.69, 9.17) is 14.5 Å². The molecule has 7 rings (SSSR count). The SMILES string of the molecule is CC1CC/C=C\C2C[C@@]2(C(=O)NS(=O)(=O)C2(C)CC2)NC(=O)[C@@H]2C[C@@H](Oc3cc(-c4ccc(OC(C)C)cc4)nc(-c4cnccn4)c3)CN2C(=O)[C@@H](NOC(=O)C(F)(F)F)[C@H](C)C1. The lowest BCUT2D eigenvalue weighted by molar-refractivity contribution is -0.209. The summed E-state index contributed by atoms with van der Waals surface area (Å²) in [6.07, 6.45) is 3.85. The molecule has 344 valence electrons. The second-order valence-electron chi connectivity index (χ2n) is 17.8. The molecule has 3 N–H and O–H groups in total. The topological polar surface area (TPSA) is 208 Å². The summed E-state index contributed by atoms with van der Waals surface area (Å²) in [7, 11) is -4.11. The smallest absolute Gasteiger partial charge is 0.491 e. The number of hydrogen-bond donors (Lipinski definition) is 3. The van der Waals surface area contributed by atoms with Crippen LogP contribution in [0.5, 0.6) is 11.5 Å². The molecule has 2 aliphatic carbocycles. The number of allylic oxidation sites excluding steroid dienone is 1. The van der Waals surface area contributed by atoms with Crippen LogP contribution >= 0.6 is 0 Å². The molecule has 64 heavy (non-hydrogen) atoms. The summed E-state index contributed by atoms with van der Waals surface area (Å²) in [6.45, 7) is 8.62. The molecule has 3 aromatic rings. The number of carbonyl (C=O) groups is 4. The number of halogens is 3. The monoisotopic (exact) mass is 911 g/mol. The summed E-state index contributed by atoms with van der Waals surface area (Å²) < 4.78 is 80.0. The fourth-order valence-corrected chi connectivity index (χ4v) is 9.50. The average molecular weight is 912 g/mol. The molecule has 20 heteroatoms. The molecule has 1 aromatic carbocycles. The van der Waals surface area contributed by atoms with E-state index in [1.165, 1.54) is 25.5 Å². The Morgan fingerprint density at radius 1 is 1.00 bits per heavy atom. The third-order valence-electron chi connectivity index (χ3n) is 12.2. The first-order valence-electron chi connectivity index (χ1n) is 21.3. The van der Waals surface area contributed by atoms with Gasteiger partial charge in [0.15, 0.2) is 0 Å². The van der Waals surface area contributed by atoms with Crippen molar-refractivity contribution in [3.05, 3.63) is 67.1 Å². The predicted octanol–water partition coefficient (Wildman–Crippen LogP) is 5.21. The molecule has 3 fully saturated rings. The quantitative estimate of drug-likeness (QED) is 0.167. The molecule has 0 radical (unpaired) electrons. The molecular weight excluding hydrogens is 860 g/mol. The lowest BCUT2D eigenvalue weighted by Crippen LogP contribution is -2.59. The van der Waals surface area contributed by atoms with Gasteiger partial charge in [0, 0.05) is 42.4 Å². The molecule has 2 saturated carbocycles. The van der Waals surface area contributed by atoms with Crippen molar-refractivity contribution in [1.29, 1.82) is 0 Å². The zero-order chi connectivity index (χ0) is 46.2. The molecular formula is C44H52F3N7O9S. The Morgan fingerprint density at radius 2 is 1.72 bits per heavy atom. The van der Waals surface area contributed by atoms with Gasteiger partial charge >= 0.3 is 12.1 Å². The van der Waals surface area contributed by atoms with Crippen molar-refractivity contribution in [2.45, 2.75) is 120 Å². The number of nitrogens with zero attached hydrogens (tertiary/aromatic N) is 4. The van der Waals surface area contributed by atoms with Crippen molar-refractivity contribution >= 4 is 33.7 Å². The van der Waals surface area contributed by atoms with Gasteiger partial charge in [-0.1, -0.05) is 26.0 Å². The molecule has 0 spiro atoms. The number of alkyl halides is 3. The number of carbonyl (C=O) groups excluding carboxylic acids is 4. The predicted molar refractivity (Wildman–Crippen MR) is 225 cm³/mol. The number of aromatic nitrogens is 3. The van der Waals surface area contributed by atoms with Crippen LogP contribution in [0.25, 0.3) is 22.6 Å². The Labute approximate surface area is 369 Å². The van der Waals surface area contributed by atoms with Gasteiger partial charge in [-0.2, -0.15) is 13.2 Å². The van der Waals surface area contributed by atoms with Gasteiger partial charge in [-0.05, 0) is 95.4 Å². The summed E-state index contributed by atoms with van der Waals surface area (Å²) in [5, 5.41) is 2.78. The number of rotatable bonds is 11. The Kier molecular flexibility index (Phi) is 13.1. The number of nitrogens with one attached hydrogen (secondary N) is 3. The van der Waals surface area contributed by atoms with Crippen LogP contribution in [-0.4, -0.2) is 99.3 Å². The van der Waals surface area contributed by atoms with Gasteiger partial charge in [-0.3, -0.25) is 29.1 Å². The number of hydrogen-bond acceptors (Lipinski definition) is 13.